The Morgan fingerprint density at radius 3 is 2.40 bits per heavy atom. The third-order valence-electron chi connectivity index (χ3n) is 3.17. The highest BCUT2D eigenvalue weighted by atomic mass is 35.7. The Kier molecular flexibility index (Phi) is 4.10. The molecular formula is C12H14ClNO5S. The van der Waals surface area contributed by atoms with Gasteiger partial charge in [-0.2, -0.15) is 0 Å². The molecule has 0 saturated carbocycles. The van der Waals surface area contributed by atoms with Crippen molar-refractivity contribution in [2.75, 3.05) is 25.7 Å². The minimum absolute atomic E-state index is 0.0418. The average molecular weight is 320 g/mol. The van der Waals surface area contributed by atoms with E-state index in [1.165, 1.54) is 19.1 Å². The van der Waals surface area contributed by atoms with Crippen LogP contribution in [0.1, 0.15) is 6.42 Å². The normalized spacial score (nSPS) is 19.2. The number of hydrogen-bond donors (Lipinski definition) is 0. The van der Waals surface area contributed by atoms with Crippen molar-refractivity contribution >= 4 is 31.3 Å². The van der Waals surface area contributed by atoms with Crippen LogP contribution < -0.4 is 14.4 Å². The van der Waals surface area contributed by atoms with Crippen LogP contribution >= 0.6 is 10.7 Å². The number of benzene rings is 1. The van der Waals surface area contributed by atoms with E-state index in [1.807, 2.05) is 0 Å². The first-order valence-electron chi connectivity index (χ1n) is 5.82. The largest absolute Gasteiger partial charge is 0.493 e. The van der Waals surface area contributed by atoms with Crippen LogP contribution in [0.25, 0.3) is 0 Å². The molecule has 1 aromatic rings. The van der Waals surface area contributed by atoms with Gasteiger partial charge in [0.2, 0.25) is 15.0 Å². The lowest BCUT2D eigenvalue weighted by atomic mass is 10.2. The molecule has 0 radical (unpaired) electrons. The number of methoxy groups -OCH3 is 2. The van der Waals surface area contributed by atoms with Gasteiger partial charge in [0, 0.05) is 35.4 Å². The highest BCUT2D eigenvalue weighted by Gasteiger charge is 2.38. The lowest BCUT2D eigenvalue weighted by Crippen LogP contribution is -2.26. The lowest BCUT2D eigenvalue weighted by molar-refractivity contribution is -0.117. The number of nitrogens with zero attached hydrogens (tertiary/aromatic N) is 1. The van der Waals surface area contributed by atoms with Gasteiger partial charge in [-0.25, -0.2) is 8.42 Å². The zero-order valence-corrected chi connectivity index (χ0v) is 12.6. The fourth-order valence-electron chi connectivity index (χ4n) is 2.11. The van der Waals surface area contributed by atoms with E-state index in [0.717, 1.165) is 0 Å². The molecule has 1 aliphatic heterocycles. The summed E-state index contributed by atoms with van der Waals surface area (Å²) in [6, 6.07) is 4.95. The molecule has 1 aliphatic rings. The number of carbonyl (C=O) groups excluding carboxylic acids is 1. The summed E-state index contributed by atoms with van der Waals surface area (Å²) in [6.45, 7) is 0.0418. The summed E-state index contributed by atoms with van der Waals surface area (Å²) in [7, 11) is 4.56. The number of halogens is 1. The molecule has 1 aromatic carbocycles. The molecule has 0 aliphatic carbocycles. The molecule has 1 amide bonds. The van der Waals surface area contributed by atoms with Gasteiger partial charge in [-0.3, -0.25) is 4.79 Å². The van der Waals surface area contributed by atoms with Gasteiger partial charge in [-0.05, 0) is 12.1 Å². The fraction of sp³-hybridized carbons (Fsp3) is 0.417. The van der Waals surface area contributed by atoms with E-state index in [4.69, 9.17) is 20.2 Å². The van der Waals surface area contributed by atoms with Gasteiger partial charge >= 0.3 is 0 Å². The summed E-state index contributed by atoms with van der Waals surface area (Å²) in [4.78, 5) is 13.3. The van der Waals surface area contributed by atoms with Gasteiger partial charge in [0.15, 0.2) is 11.5 Å². The Hall–Kier alpha value is -1.47. The predicted molar refractivity (Wildman–Crippen MR) is 75.1 cm³/mol. The van der Waals surface area contributed by atoms with Crippen molar-refractivity contribution in [2.24, 2.45) is 0 Å². The van der Waals surface area contributed by atoms with Gasteiger partial charge in [-0.1, -0.05) is 0 Å². The van der Waals surface area contributed by atoms with Gasteiger partial charge in [0.05, 0.1) is 14.2 Å². The van der Waals surface area contributed by atoms with Crippen LogP contribution in [-0.2, 0) is 13.8 Å². The topological polar surface area (TPSA) is 72.9 Å². The number of hydrogen-bond acceptors (Lipinski definition) is 5. The Morgan fingerprint density at radius 1 is 1.25 bits per heavy atom. The van der Waals surface area contributed by atoms with Crippen molar-refractivity contribution in [1.82, 2.24) is 0 Å². The number of carbonyl (C=O) groups is 1. The summed E-state index contributed by atoms with van der Waals surface area (Å²) in [5.41, 5.74) is 0.551. The zero-order chi connectivity index (χ0) is 14.9. The third-order valence-corrected chi connectivity index (χ3v) is 5.03. The smallest absolute Gasteiger partial charge is 0.237 e. The van der Waals surface area contributed by atoms with Gasteiger partial charge in [0.25, 0.3) is 0 Å². The zero-order valence-electron chi connectivity index (χ0n) is 11.0. The molecule has 110 valence electrons. The first-order valence-corrected chi connectivity index (χ1v) is 8.20. The molecule has 1 unspecified atom stereocenters. The molecule has 6 nitrogen and oxygen atoms in total. The molecule has 1 heterocycles. The van der Waals surface area contributed by atoms with Gasteiger partial charge < -0.3 is 14.4 Å². The van der Waals surface area contributed by atoms with Crippen molar-refractivity contribution in [3.05, 3.63) is 18.2 Å². The van der Waals surface area contributed by atoms with E-state index in [2.05, 4.69) is 0 Å². The molecular weight excluding hydrogens is 306 g/mol. The van der Waals surface area contributed by atoms with Crippen LogP contribution in [0.15, 0.2) is 18.2 Å². The maximum atomic E-state index is 11.9. The molecule has 2 rings (SSSR count). The van der Waals surface area contributed by atoms with E-state index in [-0.39, 0.29) is 18.9 Å². The van der Waals surface area contributed by atoms with Crippen molar-refractivity contribution in [3.63, 3.8) is 0 Å². The first kappa shape index (κ1) is 14.9. The van der Waals surface area contributed by atoms with Crippen LogP contribution in [-0.4, -0.2) is 40.3 Å². The first-order chi connectivity index (χ1) is 9.36. The van der Waals surface area contributed by atoms with Crippen LogP contribution in [0.3, 0.4) is 0 Å². The van der Waals surface area contributed by atoms with Crippen molar-refractivity contribution in [3.8, 4) is 11.5 Å². The van der Waals surface area contributed by atoms with Crippen LogP contribution in [0.5, 0.6) is 11.5 Å². The monoisotopic (exact) mass is 319 g/mol. The number of rotatable bonds is 4. The quantitative estimate of drug-likeness (QED) is 0.784. The molecule has 1 saturated heterocycles. The second kappa shape index (κ2) is 5.49. The second-order valence-electron chi connectivity index (χ2n) is 4.35. The van der Waals surface area contributed by atoms with Crippen molar-refractivity contribution in [1.29, 1.82) is 0 Å². The molecule has 20 heavy (non-hydrogen) atoms. The van der Waals surface area contributed by atoms with Gasteiger partial charge in [-0.15, -0.1) is 0 Å². The molecule has 0 spiro atoms. The van der Waals surface area contributed by atoms with Crippen LogP contribution in [0.2, 0.25) is 0 Å². The Bertz CT molecular complexity index is 631. The highest BCUT2D eigenvalue weighted by molar-refractivity contribution is 8.14. The van der Waals surface area contributed by atoms with E-state index in [1.54, 1.807) is 18.2 Å². The fourth-order valence-corrected chi connectivity index (χ4v) is 3.13. The summed E-state index contributed by atoms with van der Waals surface area (Å²) < 4.78 is 32.9. The molecule has 0 N–H and O–H groups in total. The van der Waals surface area contributed by atoms with Crippen LogP contribution in [0, 0.1) is 0 Å². The number of ether oxygens (including phenoxy) is 2. The molecule has 8 heteroatoms. The minimum Gasteiger partial charge on any atom is -0.493 e. The maximum absolute atomic E-state index is 11.9. The molecule has 1 atom stereocenters. The van der Waals surface area contributed by atoms with Crippen molar-refractivity contribution in [2.45, 2.75) is 11.7 Å². The Morgan fingerprint density at radius 2 is 1.90 bits per heavy atom. The highest BCUT2D eigenvalue weighted by Crippen LogP contribution is 2.34. The van der Waals surface area contributed by atoms with E-state index >= 15 is 0 Å². The SMILES string of the molecule is COc1ccc(N2CC(S(=O)(=O)Cl)CC2=O)cc1OC. The Labute approximate surface area is 121 Å². The summed E-state index contributed by atoms with van der Waals surface area (Å²) in [6.07, 6.45) is -0.111. The van der Waals surface area contributed by atoms with Crippen molar-refractivity contribution < 1.29 is 22.7 Å². The summed E-state index contributed by atoms with van der Waals surface area (Å²) in [5.74, 6) is 0.714. The summed E-state index contributed by atoms with van der Waals surface area (Å²) >= 11 is 0. The maximum Gasteiger partial charge on any atom is 0.237 e. The predicted octanol–water partition coefficient (Wildman–Crippen LogP) is 1.38. The number of anilines is 1. The van der Waals surface area contributed by atoms with Gasteiger partial charge in [0.1, 0.15) is 5.25 Å². The molecule has 0 bridgehead atoms. The lowest BCUT2D eigenvalue weighted by Gasteiger charge is -2.18. The second-order valence-corrected chi connectivity index (χ2v) is 7.25. The van der Waals surface area contributed by atoms with E-state index < -0.39 is 14.3 Å². The van der Waals surface area contributed by atoms with E-state index in [0.29, 0.717) is 17.2 Å². The third kappa shape index (κ3) is 2.83. The standard InChI is InChI=1S/C12H14ClNO5S/c1-18-10-4-3-8(5-11(10)19-2)14-7-9(6-12(14)15)20(13,16)17/h3-5,9H,6-7H2,1-2H3. The molecule has 0 aromatic heterocycles. The Balaban J connectivity index is 2.31. The van der Waals surface area contributed by atoms with E-state index in [9.17, 15) is 13.2 Å². The minimum atomic E-state index is -3.75. The summed E-state index contributed by atoms with van der Waals surface area (Å²) in [5, 5.41) is -0.884. The average Bonchev–Trinajstić information content (AvgIpc) is 2.80. The molecule has 1 fully saturated rings. The van der Waals surface area contributed by atoms with Crippen LogP contribution in [0.4, 0.5) is 5.69 Å². The number of amides is 1.